The molecule has 12 heteroatoms. The third kappa shape index (κ3) is 4.85. The Morgan fingerprint density at radius 1 is 1.30 bits per heavy atom. The van der Waals surface area contributed by atoms with E-state index in [1.807, 2.05) is 6.20 Å². The van der Waals surface area contributed by atoms with Crippen molar-refractivity contribution in [1.82, 2.24) is 30.2 Å². The molecule has 1 fully saturated rings. The smallest absolute Gasteiger partial charge is 0.273 e. The lowest BCUT2D eigenvalue weighted by Crippen LogP contribution is -2.44. The predicted molar refractivity (Wildman–Crippen MR) is 119 cm³/mol. The van der Waals surface area contributed by atoms with Gasteiger partial charge in [-0.3, -0.25) is 14.3 Å². The maximum Gasteiger partial charge on any atom is 0.273 e. The Balaban J connectivity index is 1.40. The summed E-state index contributed by atoms with van der Waals surface area (Å²) in [6.07, 6.45) is 2.09. The first kappa shape index (κ1) is 21.8. The van der Waals surface area contributed by atoms with Crippen molar-refractivity contribution in [2.24, 2.45) is 0 Å². The number of carbonyl (C=O) groups is 2. The number of carbonyl (C=O) groups excluding carboxylic acids is 2. The zero-order chi connectivity index (χ0) is 22.8. The maximum absolute atomic E-state index is 13.0. The van der Waals surface area contributed by atoms with E-state index in [-0.39, 0.29) is 18.4 Å². The number of fused-ring (bicyclic) bond motifs is 5. The monoisotopic (exact) mass is 488 g/mol. The highest BCUT2D eigenvalue weighted by molar-refractivity contribution is 7.07. The molecule has 5 rings (SSSR count). The third-order valence-electron chi connectivity index (χ3n) is 5.54. The van der Waals surface area contributed by atoms with Crippen LogP contribution in [0.15, 0.2) is 35.3 Å². The van der Waals surface area contributed by atoms with Crippen LogP contribution in [0.5, 0.6) is 5.75 Å². The fraction of sp³-hybridized carbons (Fsp3) is 0.381. The van der Waals surface area contributed by atoms with E-state index in [2.05, 4.69) is 20.6 Å². The van der Waals surface area contributed by atoms with Crippen molar-refractivity contribution in [2.75, 3.05) is 19.7 Å². The summed E-state index contributed by atoms with van der Waals surface area (Å²) in [6.45, 7) is 1.87. The number of aromatic nitrogens is 4. The number of thiazole rings is 1. The summed E-state index contributed by atoms with van der Waals surface area (Å²) in [4.78, 5) is 31.6. The van der Waals surface area contributed by atoms with Crippen molar-refractivity contribution in [3.8, 4) is 5.75 Å². The van der Waals surface area contributed by atoms with Crippen LogP contribution in [-0.4, -0.2) is 68.5 Å². The minimum Gasteiger partial charge on any atom is -0.492 e. The van der Waals surface area contributed by atoms with Gasteiger partial charge in [0.2, 0.25) is 0 Å². The van der Waals surface area contributed by atoms with Crippen LogP contribution < -0.4 is 10.1 Å². The molecule has 1 aromatic carbocycles. The average molecular weight is 489 g/mol. The minimum absolute atomic E-state index is 0.194. The standard InChI is InChI=1S/C21H21ClN6O4S/c22-15-3-2-13-6-18(15)31-5-1-4-28-7-14(25-26-28)10-32-19-9-27(8-16(19)24-20(13)29)21(30)17-11-33-12-23-17/h2-3,6-7,11-12,16,19H,1,4-5,8-10H2,(H,24,29)/t16-,19-/m0/s1. The molecule has 0 radical (unpaired) electrons. The van der Waals surface area contributed by atoms with Crippen LogP contribution in [0.2, 0.25) is 5.02 Å². The number of ether oxygens (including phenoxy) is 2. The number of hydrogen-bond donors (Lipinski definition) is 1. The second-order valence-electron chi connectivity index (χ2n) is 7.83. The van der Waals surface area contributed by atoms with Crippen LogP contribution in [0, 0.1) is 0 Å². The van der Waals surface area contributed by atoms with Crippen LogP contribution in [0.4, 0.5) is 0 Å². The van der Waals surface area contributed by atoms with Crippen molar-refractivity contribution in [3.63, 3.8) is 0 Å². The SMILES string of the molecule is O=C1N[C@H]2CN(C(=O)c3cscn3)C[C@@H]2OCc2cn(nn2)CCCOc2cc1ccc2Cl. The predicted octanol–water partition coefficient (Wildman–Crippen LogP) is 2.01. The fourth-order valence-corrected chi connectivity index (χ4v) is 4.55. The minimum atomic E-state index is -0.419. The summed E-state index contributed by atoms with van der Waals surface area (Å²) >= 11 is 7.61. The van der Waals surface area contributed by atoms with Crippen molar-refractivity contribution in [3.05, 3.63) is 57.3 Å². The van der Waals surface area contributed by atoms with Crippen LogP contribution >= 0.6 is 22.9 Å². The largest absolute Gasteiger partial charge is 0.492 e. The molecule has 2 amide bonds. The van der Waals surface area contributed by atoms with Gasteiger partial charge in [0, 0.05) is 37.0 Å². The Hall–Kier alpha value is -3.02. The Bertz CT molecular complexity index is 1150. The van der Waals surface area contributed by atoms with E-state index >= 15 is 0 Å². The van der Waals surface area contributed by atoms with E-state index in [0.29, 0.717) is 60.4 Å². The molecule has 4 bridgehead atoms. The zero-order valence-corrected chi connectivity index (χ0v) is 19.1. The van der Waals surface area contributed by atoms with Crippen molar-refractivity contribution < 1.29 is 19.1 Å². The number of amides is 2. The molecule has 172 valence electrons. The van der Waals surface area contributed by atoms with Gasteiger partial charge in [0.15, 0.2) is 0 Å². The summed E-state index contributed by atoms with van der Waals surface area (Å²) in [5.74, 6) is -0.0491. The first-order chi connectivity index (χ1) is 16.1. The van der Waals surface area contributed by atoms with E-state index in [0.717, 1.165) is 0 Å². The van der Waals surface area contributed by atoms with Gasteiger partial charge in [-0.15, -0.1) is 16.4 Å². The molecule has 0 aliphatic carbocycles. The highest BCUT2D eigenvalue weighted by atomic mass is 35.5. The molecule has 2 aliphatic rings. The van der Waals surface area contributed by atoms with Crippen LogP contribution in [0.3, 0.4) is 0 Å². The number of halogens is 1. The van der Waals surface area contributed by atoms with Gasteiger partial charge in [0.25, 0.3) is 11.8 Å². The van der Waals surface area contributed by atoms with Gasteiger partial charge in [0.1, 0.15) is 17.1 Å². The molecular formula is C21H21ClN6O4S. The highest BCUT2D eigenvalue weighted by Gasteiger charge is 2.38. The molecular weight excluding hydrogens is 468 g/mol. The lowest BCUT2D eigenvalue weighted by Gasteiger charge is -2.20. The number of aryl methyl sites for hydroxylation is 1. The average Bonchev–Trinajstić information content (AvgIpc) is 3.57. The van der Waals surface area contributed by atoms with Crippen molar-refractivity contribution in [1.29, 1.82) is 0 Å². The Morgan fingerprint density at radius 2 is 2.21 bits per heavy atom. The van der Waals surface area contributed by atoms with Gasteiger partial charge >= 0.3 is 0 Å². The Kier molecular flexibility index (Phi) is 6.25. The van der Waals surface area contributed by atoms with Gasteiger partial charge in [-0.1, -0.05) is 16.8 Å². The summed E-state index contributed by atoms with van der Waals surface area (Å²) in [5.41, 5.74) is 3.09. The zero-order valence-electron chi connectivity index (χ0n) is 17.5. The van der Waals surface area contributed by atoms with Gasteiger partial charge in [0.05, 0.1) is 42.1 Å². The maximum atomic E-state index is 13.0. The number of nitrogens with zero attached hydrogens (tertiary/aromatic N) is 5. The number of rotatable bonds is 1. The van der Waals surface area contributed by atoms with E-state index in [1.165, 1.54) is 11.3 Å². The molecule has 10 nitrogen and oxygen atoms in total. The quantitative estimate of drug-likeness (QED) is 0.557. The molecule has 2 aliphatic heterocycles. The summed E-state index contributed by atoms with van der Waals surface area (Å²) < 4.78 is 13.6. The van der Waals surface area contributed by atoms with Gasteiger partial charge in [-0.25, -0.2) is 4.98 Å². The summed E-state index contributed by atoms with van der Waals surface area (Å²) in [7, 11) is 0. The summed E-state index contributed by atoms with van der Waals surface area (Å²) in [5, 5.41) is 13.4. The normalized spacial score (nSPS) is 21.2. The molecule has 1 saturated heterocycles. The van der Waals surface area contributed by atoms with Gasteiger partial charge in [-0.05, 0) is 18.2 Å². The Morgan fingerprint density at radius 3 is 3.06 bits per heavy atom. The van der Waals surface area contributed by atoms with E-state index in [1.54, 1.807) is 38.7 Å². The second kappa shape index (κ2) is 9.46. The van der Waals surface area contributed by atoms with E-state index in [9.17, 15) is 9.59 Å². The molecule has 0 saturated carbocycles. The van der Waals surface area contributed by atoms with Crippen LogP contribution in [0.1, 0.15) is 33.0 Å². The third-order valence-corrected chi connectivity index (χ3v) is 6.43. The highest BCUT2D eigenvalue weighted by Crippen LogP contribution is 2.26. The molecule has 4 heterocycles. The first-order valence-electron chi connectivity index (χ1n) is 10.5. The number of hydrogen-bond acceptors (Lipinski definition) is 8. The molecule has 2 aromatic heterocycles. The molecule has 0 unspecified atom stereocenters. The summed E-state index contributed by atoms with van der Waals surface area (Å²) in [6, 6.07) is 4.49. The van der Waals surface area contributed by atoms with Crippen molar-refractivity contribution >= 4 is 34.8 Å². The lowest BCUT2D eigenvalue weighted by atomic mass is 10.1. The molecule has 2 atom stereocenters. The van der Waals surface area contributed by atoms with Crippen molar-refractivity contribution in [2.45, 2.75) is 31.7 Å². The van der Waals surface area contributed by atoms with E-state index < -0.39 is 12.1 Å². The molecule has 33 heavy (non-hydrogen) atoms. The Labute approximate surface area is 198 Å². The lowest BCUT2D eigenvalue weighted by molar-refractivity contribution is 0.0290. The first-order valence-corrected chi connectivity index (χ1v) is 11.8. The number of nitrogens with one attached hydrogen (secondary N) is 1. The van der Waals surface area contributed by atoms with Crippen LogP contribution in [-0.2, 0) is 17.9 Å². The topological polar surface area (TPSA) is 111 Å². The fourth-order valence-electron chi connectivity index (χ4n) is 3.85. The molecule has 0 spiro atoms. The molecule has 1 N–H and O–H groups in total. The molecule has 3 aromatic rings. The van der Waals surface area contributed by atoms with Gasteiger partial charge in [-0.2, -0.15) is 0 Å². The number of benzene rings is 1. The second-order valence-corrected chi connectivity index (χ2v) is 8.96. The van der Waals surface area contributed by atoms with Gasteiger partial charge < -0.3 is 19.7 Å². The number of likely N-dealkylation sites (tertiary alicyclic amines) is 1. The van der Waals surface area contributed by atoms with Crippen LogP contribution in [0.25, 0.3) is 0 Å². The van der Waals surface area contributed by atoms with E-state index in [4.69, 9.17) is 21.1 Å².